The van der Waals surface area contributed by atoms with Crippen LogP contribution in [0.5, 0.6) is 0 Å². The molecule has 0 atom stereocenters. The fourth-order valence-corrected chi connectivity index (χ4v) is 5.01. The lowest BCUT2D eigenvalue weighted by atomic mass is 10.1. The number of nitrogens with zero attached hydrogens (tertiary/aromatic N) is 2. The third-order valence-corrected chi connectivity index (χ3v) is 6.79. The maximum Gasteiger partial charge on any atom is 0.281 e. The van der Waals surface area contributed by atoms with Crippen molar-refractivity contribution in [2.45, 2.75) is 6.54 Å². The van der Waals surface area contributed by atoms with Crippen molar-refractivity contribution in [2.24, 2.45) is 0 Å². The van der Waals surface area contributed by atoms with Crippen molar-refractivity contribution in [2.75, 3.05) is 4.90 Å². The standard InChI is InChI=1S/C25H16BrCl2N3OS/c26-17-7-9-23-20(11-17)16(14-30(23)13-15-6-8-18(27)12-21(15)28)10-22-24(32)31(25(33)29-22)19-4-2-1-3-5-19/h1-12,14H,13H2,(H,29,33)/b22-10-. The number of nitrogens with one attached hydrogen (secondary N) is 1. The molecule has 1 saturated heterocycles. The molecule has 2 heterocycles. The van der Waals surface area contributed by atoms with Crippen LogP contribution < -0.4 is 10.2 Å². The maximum atomic E-state index is 13.2. The molecule has 33 heavy (non-hydrogen) atoms. The SMILES string of the molecule is O=C1/C(=C/c2cn(Cc3ccc(Cl)cc3Cl)c3ccc(Br)cc23)NC(=S)N1c1ccccc1. The number of benzene rings is 3. The van der Waals surface area contributed by atoms with Crippen molar-refractivity contribution < 1.29 is 4.79 Å². The molecular weight excluding hydrogens is 541 g/mol. The van der Waals surface area contributed by atoms with E-state index in [9.17, 15) is 4.79 Å². The van der Waals surface area contributed by atoms with Crippen molar-refractivity contribution in [3.63, 3.8) is 0 Å². The summed E-state index contributed by atoms with van der Waals surface area (Å²) in [7, 11) is 0. The molecule has 0 saturated carbocycles. The Kier molecular flexibility index (Phi) is 6.01. The zero-order chi connectivity index (χ0) is 23.1. The summed E-state index contributed by atoms with van der Waals surface area (Å²) in [6, 6.07) is 20.9. The van der Waals surface area contributed by atoms with E-state index >= 15 is 0 Å². The van der Waals surface area contributed by atoms with Crippen molar-refractivity contribution in [1.82, 2.24) is 9.88 Å². The number of hydrogen-bond donors (Lipinski definition) is 1. The highest BCUT2D eigenvalue weighted by Crippen LogP contribution is 2.30. The number of para-hydroxylation sites is 1. The third-order valence-electron chi connectivity index (χ3n) is 5.42. The van der Waals surface area contributed by atoms with Crippen LogP contribution in [0.15, 0.2) is 83.1 Å². The van der Waals surface area contributed by atoms with E-state index in [1.54, 1.807) is 6.07 Å². The van der Waals surface area contributed by atoms with Gasteiger partial charge in [-0.05, 0) is 66.3 Å². The van der Waals surface area contributed by atoms with Crippen molar-refractivity contribution >= 4 is 85.0 Å². The van der Waals surface area contributed by atoms with E-state index in [2.05, 4.69) is 25.8 Å². The molecule has 5 rings (SSSR count). The summed E-state index contributed by atoms with van der Waals surface area (Å²) in [4.78, 5) is 14.7. The molecule has 0 radical (unpaired) electrons. The second-order valence-electron chi connectivity index (χ2n) is 7.57. The number of halogens is 3. The molecule has 1 aromatic heterocycles. The van der Waals surface area contributed by atoms with Crippen molar-refractivity contribution in [3.8, 4) is 0 Å². The predicted molar refractivity (Wildman–Crippen MR) is 143 cm³/mol. The van der Waals surface area contributed by atoms with Crippen LogP contribution in [0.4, 0.5) is 5.69 Å². The van der Waals surface area contributed by atoms with Gasteiger partial charge in [-0.1, -0.05) is 63.4 Å². The van der Waals surface area contributed by atoms with E-state index in [4.69, 9.17) is 35.4 Å². The highest BCUT2D eigenvalue weighted by Gasteiger charge is 2.32. The number of rotatable bonds is 4. The normalized spacial score (nSPS) is 15.0. The van der Waals surface area contributed by atoms with Gasteiger partial charge in [0.05, 0.1) is 5.69 Å². The van der Waals surface area contributed by atoms with Gasteiger partial charge in [0.1, 0.15) is 5.70 Å². The minimum atomic E-state index is -0.192. The van der Waals surface area contributed by atoms with Crippen LogP contribution >= 0.6 is 51.3 Å². The third kappa shape index (κ3) is 4.32. The molecule has 0 aliphatic carbocycles. The molecule has 164 valence electrons. The average molecular weight is 557 g/mol. The molecule has 0 spiro atoms. The first-order chi connectivity index (χ1) is 15.9. The molecule has 1 amide bonds. The topological polar surface area (TPSA) is 37.3 Å². The number of carbonyl (C=O) groups excluding carboxylic acids is 1. The Labute approximate surface area is 214 Å². The number of aromatic nitrogens is 1. The van der Waals surface area contributed by atoms with Crippen molar-refractivity contribution in [3.05, 3.63) is 104 Å². The van der Waals surface area contributed by atoms with Crippen LogP contribution in [0.1, 0.15) is 11.1 Å². The summed E-state index contributed by atoms with van der Waals surface area (Å²) < 4.78 is 3.06. The first-order valence-corrected chi connectivity index (χ1v) is 12.0. The van der Waals surface area contributed by atoms with Crippen LogP contribution in [-0.2, 0) is 11.3 Å². The van der Waals surface area contributed by atoms with Crippen LogP contribution in [0.25, 0.3) is 17.0 Å². The van der Waals surface area contributed by atoms with Gasteiger partial charge in [0.15, 0.2) is 5.11 Å². The maximum absolute atomic E-state index is 13.2. The molecular formula is C25H16BrCl2N3OS. The highest BCUT2D eigenvalue weighted by atomic mass is 79.9. The van der Waals surface area contributed by atoms with Gasteiger partial charge in [-0.15, -0.1) is 0 Å². The number of amides is 1. The van der Waals surface area contributed by atoms with Crippen LogP contribution in [0.2, 0.25) is 10.0 Å². The Bertz CT molecular complexity index is 1450. The van der Waals surface area contributed by atoms with Gasteiger partial charge in [0.25, 0.3) is 5.91 Å². The molecule has 1 aliphatic heterocycles. The number of fused-ring (bicyclic) bond motifs is 1. The summed E-state index contributed by atoms with van der Waals surface area (Å²) in [6.45, 7) is 0.563. The highest BCUT2D eigenvalue weighted by molar-refractivity contribution is 9.10. The predicted octanol–water partition coefficient (Wildman–Crippen LogP) is 7.02. The molecule has 0 bridgehead atoms. The van der Waals surface area contributed by atoms with E-state index < -0.39 is 0 Å². The van der Waals surface area contributed by atoms with Crippen LogP contribution in [0, 0.1) is 0 Å². The van der Waals surface area contributed by atoms with E-state index in [0.717, 1.165) is 32.2 Å². The second-order valence-corrected chi connectivity index (χ2v) is 9.72. The number of hydrogen-bond acceptors (Lipinski definition) is 2. The monoisotopic (exact) mass is 555 g/mol. The Hall–Kier alpha value is -2.64. The van der Waals surface area contributed by atoms with E-state index in [-0.39, 0.29) is 5.91 Å². The molecule has 1 fully saturated rings. The van der Waals surface area contributed by atoms with Crippen molar-refractivity contribution in [1.29, 1.82) is 0 Å². The lowest BCUT2D eigenvalue weighted by Crippen LogP contribution is -2.30. The Morgan fingerprint density at radius 1 is 1.03 bits per heavy atom. The molecule has 3 aromatic carbocycles. The first-order valence-electron chi connectivity index (χ1n) is 10.1. The number of carbonyl (C=O) groups is 1. The van der Waals surface area contributed by atoms with Gasteiger partial charge in [0, 0.05) is 43.7 Å². The lowest BCUT2D eigenvalue weighted by Gasteiger charge is -2.13. The minimum absolute atomic E-state index is 0.192. The fraction of sp³-hybridized carbons (Fsp3) is 0.0400. The van der Waals surface area contributed by atoms with Crippen LogP contribution in [-0.4, -0.2) is 15.6 Å². The number of anilines is 1. The molecule has 1 N–H and O–H groups in total. The van der Waals surface area contributed by atoms with E-state index in [0.29, 0.717) is 27.4 Å². The minimum Gasteiger partial charge on any atom is -0.342 e. The largest absolute Gasteiger partial charge is 0.342 e. The first kappa shape index (κ1) is 22.2. The van der Waals surface area contributed by atoms with Gasteiger partial charge in [-0.3, -0.25) is 9.69 Å². The van der Waals surface area contributed by atoms with Gasteiger partial charge < -0.3 is 9.88 Å². The summed E-state index contributed by atoms with van der Waals surface area (Å²) in [5.41, 5.74) is 4.01. The fourth-order valence-electron chi connectivity index (χ4n) is 3.88. The molecule has 1 aliphatic rings. The van der Waals surface area contributed by atoms with E-state index in [1.165, 1.54) is 4.90 Å². The Morgan fingerprint density at radius 3 is 2.58 bits per heavy atom. The van der Waals surface area contributed by atoms with E-state index in [1.807, 2.05) is 72.9 Å². The van der Waals surface area contributed by atoms with Gasteiger partial charge in [0.2, 0.25) is 0 Å². The summed E-state index contributed by atoms with van der Waals surface area (Å²) in [5.74, 6) is -0.192. The second kappa shape index (κ2) is 8.95. The molecule has 4 aromatic rings. The molecule has 0 unspecified atom stereocenters. The lowest BCUT2D eigenvalue weighted by molar-refractivity contribution is -0.113. The number of thiocarbonyl (C=S) groups is 1. The molecule has 4 nitrogen and oxygen atoms in total. The quantitative estimate of drug-likeness (QED) is 0.217. The average Bonchev–Trinajstić information content (AvgIpc) is 3.26. The Morgan fingerprint density at radius 2 is 1.82 bits per heavy atom. The summed E-state index contributed by atoms with van der Waals surface area (Å²) in [6.07, 6.45) is 3.85. The zero-order valence-corrected chi connectivity index (χ0v) is 21.0. The summed E-state index contributed by atoms with van der Waals surface area (Å²) in [5, 5.41) is 5.63. The van der Waals surface area contributed by atoms with Gasteiger partial charge in [-0.25, -0.2) is 0 Å². The zero-order valence-electron chi connectivity index (χ0n) is 17.1. The molecule has 8 heteroatoms. The van der Waals surface area contributed by atoms with Gasteiger partial charge >= 0.3 is 0 Å². The van der Waals surface area contributed by atoms with Gasteiger partial charge in [-0.2, -0.15) is 0 Å². The Balaban J connectivity index is 1.56. The summed E-state index contributed by atoms with van der Waals surface area (Å²) >= 11 is 21.5. The van der Waals surface area contributed by atoms with Crippen LogP contribution in [0.3, 0.4) is 0 Å². The smallest absolute Gasteiger partial charge is 0.281 e.